The Morgan fingerprint density at radius 1 is 1.25 bits per heavy atom. The fourth-order valence-corrected chi connectivity index (χ4v) is 5.27. The Bertz CT molecular complexity index is 432. The van der Waals surface area contributed by atoms with E-state index in [1.165, 1.54) is 54.1 Å². The Morgan fingerprint density at radius 2 is 2.00 bits per heavy atom. The van der Waals surface area contributed by atoms with Crippen molar-refractivity contribution in [3.8, 4) is 0 Å². The van der Waals surface area contributed by atoms with Crippen LogP contribution in [0.1, 0.15) is 73.9 Å². The maximum absolute atomic E-state index is 4.97. The quantitative estimate of drug-likeness (QED) is 0.790. The van der Waals surface area contributed by atoms with Crippen LogP contribution in [0.15, 0.2) is 0 Å². The van der Waals surface area contributed by atoms with Gasteiger partial charge in [0.05, 0.1) is 5.69 Å². The molecule has 2 aliphatic carbocycles. The molecule has 0 amide bonds. The van der Waals surface area contributed by atoms with Gasteiger partial charge in [-0.05, 0) is 25.7 Å². The predicted molar refractivity (Wildman–Crippen MR) is 89.6 cm³/mol. The third kappa shape index (κ3) is 3.99. The molecule has 0 unspecified atom stereocenters. The van der Waals surface area contributed by atoms with Gasteiger partial charge in [-0.25, -0.2) is 4.98 Å². The van der Waals surface area contributed by atoms with E-state index in [2.05, 4.69) is 30.9 Å². The summed E-state index contributed by atoms with van der Waals surface area (Å²) in [6.45, 7) is 5.44. The van der Waals surface area contributed by atoms with Gasteiger partial charge in [-0.2, -0.15) is 11.8 Å². The van der Waals surface area contributed by atoms with Crippen molar-refractivity contribution < 1.29 is 0 Å². The zero-order chi connectivity index (χ0) is 13.9. The molecule has 0 aromatic carbocycles. The minimum Gasteiger partial charge on any atom is -0.310 e. The van der Waals surface area contributed by atoms with Gasteiger partial charge in [0.1, 0.15) is 5.01 Å². The number of rotatable bonds is 7. The van der Waals surface area contributed by atoms with E-state index in [9.17, 15) is 0 Å². The Hall–Kier alpha value is -0.0600. The molecule has 2 aliphatic rings. The number of hydrogen-bond acceptors (Lipinski definition) is 4. The zero-order valence-corrected chi connectivity index (χ0v) is 14.3. The zero-order valence-electron chi connectivity index (χ0n) is 12.7. The van der Waals surface area contributed by atoms with Crippen LogP contribution in [-0.2, 0) is 12.3 Å². The van der Waals surface area contributed by atoms with Crippen LogP contribution in [0.2, 0.25) is 0 Å². The van der Waals surface area contributed by atoms with E-state index in [0.29, 0.717) is 6.04 Å². The summed E-state index contributed by atoms with van der Waals surface area (Å²) in [7, 11) is 0. The fraction of sp³-hybridized carbons (Fsp3) is 0.812. The molecule has 3 rings (SSSR count). The number of thioether (sulfide) groups is 1. The number of aromatic nitrogens is 1. The number of nitrogens with zero attached hydrogens (tertiary/aromatic N) is 1. The standard InChI is InChI=1S/C16H26N2S2/c1-11(2)17-9-14-16(12-7-8-12)18-15(20-14)10-19-13-5-3-4-6-13/h11-13,17H,3-10H2,1-2H3. The molecule has 1 heterocycles. The van der Waals surface area contributed by atoms with Gasteiger partial charge in [0, 0.05) is 34.4 Å². The SMILES string of the molecule is CC(C)NCc1sc(CSC2CCCC2)nc1C1CC1. The van der Waals surface area contributed by atoms with Gasteiger partial charge < -0.3 is 5.32 Å². The van der Waals surface area contributed by atoms with Crippen LogP contribution in [0.4, 0.5) is 0 Å². The van der Waals surface area contributed by atoms with Gasteiger partial charge in [0.2, 0.25) is 0 Å². The highest BCUT2D eigenvalue weighted by atomic mass is 32.2. The summed E-state index contributed by atoms with van der Waals surface area (Å²) in [5, 5.41) is 5.83. The molecule has 0 aliphatic heterocycles. The van der Waals surface area contributed by atoms with E-state index >= 15 is 0 Å². The van der Waals surface area contributed by atoms with Crippen molar-refractivity contribution in [3.63, 3.8) is 0 Å². The van der Waals surface area contributed by atoms with Crippen LogP contribution in [0, 0.1) is 0 Å². The van der Waals surface area contributed by atoms with E-state index in [-0.39, 0.29) is 0 Å². The van der Waals surface area contributed by atoms with E-state index in [0.717, 1.165) is 23.5 Å². The molecular formula is C16H26N2S2. The predicted octanol–water partition coefficient (Wildman–Crippen LogP) is 4.69. The average Bonchev–Trinajstić information content (AvgIpc) is 2.99. The van der Waals surface area contributed by atoms with Crippen molar-refractivity contribution in [1.29, 1.82) is 0 Å². The second kappa shape index (κ2) is 6.80. The van der Waals surface area contributed by atoms with Crippen molar-refractivity contribution in [2.45, 2.75) is 81.9 Å². The first kappa shape index (κ1) is 14.9. The van der Waals surface area contributed by atoms with Crippen LogP contribution < -0.4 is 5.32 Å². The number of nitrogens with one attached hydrogen (secondary N) is 1. The third-order valence-electron chi connectivity index (χ3n) is 4.15. The highest BCUT2D eigenvalue weighted by molar-refractivity contribution is 7.99. The van der Waals surface area contributed by atoms with E-state index in [1.807, 2.05) is 11.3 Å². The molecular weight excluding hydrogens is 284 g/mol. The summed E-state index contributed by atoms with van der Waals surface area (Å²) in [6, 6.07) is 0.556. The van der Waals surface area contributed by atoms with Gasteiger partial charge in [0.15, 0.2) is 0 Å². The second-order valence-corrected chi connectivity index (χ2v) is 8.90. The highest BCUT2D eigenvalue weighted by Gasteiger charge is 2.29. The smallest absolute Gasteiger partial charge is 0.103 e. The maximum Gasteiger partial charge on any atom is 0.103 e. The van der Waals surface area contributed by atoms with Gasteiger partial charge in [-0.1, -0.05) is 26.7 Å². The normalized spacial score (nSPS) is 20.1. The van der Waals surface area contributed by atoms with E-state index in [4.69, 9.17) is 4.98 Å². The summed E-state index contributed by atoms with van der Waals surface area (Å²) >= 11 is 4.10. The summed E-state index contributed by atoms with van der Waals surface area (Å²) < 4.78 is 0. The fourth-order valence-electron chi connectivity index (χ4n) is 2.82. The van der Waals surface area contributed by atoms with Crippen molar-refractivity contribution in [2.75, 3.05) is 0 Å². The van der Waals surface area contributed by atoms with Gasteiger partial charge in [-0.3, -0.25) is 0 Å². The van der Waals surface area contributed by atoms with E-state index < -0.39 is 0 Å². The highest BCUT2D eigenvalue weighted by Crippen LogP contribution is 2.43. The lowest BCUT2D eigenvalue weighted by Crippen LogP contribution is -2.21. The molecule has 1 aromatic heterocycles. The molecule has 0 saturated heterocycles. The second-order valence-electron chi connectivity index (χ2n) is 6.44. The van der Waals surface area contributed by atoms with Crippen molar-refractivity contribution in [3.05, 3.63) is 15.6 Å². The molecule has 0 radical (unpaired) electrons. The molecule has 112 valence electrons. The molecule has 2 nitrogen and oxygen atoms in total. The number of thiazole rings is 1. The molecule has 1 aromatic rings. The van der Waals surface area contributed by atoms with Crippen molar-refractivity contribution in [1.82, 2.24) is 10.3 Å². The first-order valence-electron chi connectivity index (χ1n) is 8.06. The van der Waals surface area contributed by atoms with Crippen LogP contribution in [0.5, 0.6) is 0 Å². The topological polar surface area (TPSA) is 24.9 Å². The molecule has 0 bridgehead atoms. The minimum atomic E-state index is 0.556. The lowest BCUT2D eigenvalue weighted by atomic mass is 10.2. The largest absolute Gasteiger partial charge is 0.310 e. The Morgan fingerprint density at radius 3 is 2.65 bits per heavy atom. The molecule has 2 saturated carbocycles. The summed E-state index contributed by atoms with van der Waals surface area (Å²) in [5.41, 5.74) is 1.42. The van der Waals surface area contributed by atoms with E-state index in [1.54, 1.807) is 0 Å². The maximum atomic E-state index is 4.97. The summed E-state index contributed by atoms with van der Waals surface area (Å²) in [5.74, 6) is 1.91. The number of hydrogen-bond donors (Lipinski definition) is 1. The monoisotopic (exact) mass is 310 g/mol. The Labute approximate surface area is 131 Å². The third-order valence-corrected chi connectivity index (χ3v) is 6.79. The Balaban J connectivity index is 1.60. The molecule has 1 N–H and O–H groups in total. The lowest BCUT2D eigenvalue weighted by molar-refractivity contribution is 0.590. The van der Waals surface area contributed by atoms with Gasteiger partial charge in [0.25, 0.3) is 0 Å². The van der Waals surface area contributed by atoms with Crippen LogP contribution >= 0.6 is 23.1 Å². The van der Waals surface area contributed by atoms with Crippen molar-refractivity contribution >= 4 is 23.1 Å². The first-order chi connectivity index (χ1) is 9.72. The van der Waals surface area contributed by atoms with Crippen LogP contribution in [0.25, 0.3) is 0 Å². The van der Waals surface area contributed by atoms with Gasteiger partial charge >= 0.3 is 0 Å². The van der Waals surface area contributed by atoms with Crippen molar-refractivity contribution in [2.24, 2.45) is 0 Å². The van der Waals surface area contributed by atoms with Gasteiger partial charge in [-0.15, -0.1) is 11.3 Å². The molecule has 2 fully saturated rings. The molecule has 0 atom stereocenters. The van der Waals surface area contributed by atoms with Crippen LogP contribution in [-0.4, -0.2) is 16.3 Å². The van der Waals surface area contributed by atoms with Crippen LogP contribution in [0.3, 0.4) is 0 Å². The minimum absolute atomic E-state index is 0.556. The Kier molecular flexibility index (Phi) is 5.05. The average molecular weight is 311 g/mol. The molecule has 0 spiro atoms. The summed E-state index contributed by atoms with van der Waals surface area (Å²) in [6.07, 6.45) is 8.43. The lowest BCUT2D eigenvalue weighted by Gasteiger charge is -2.07. The molecule has 4 heteroatoms. The molecule has 20 heavy (non-hydrogen) atoms. The first-order valence-corrected chi connectivity index (χ1v) is 9.92. The summed E-state index contributed by atoms with van der Waals surface area (Å²) in [4.78, 5) is 6.47.